The Balaban J connectivity index is 2.05. The number of carboxylic acid groups (broad SMARTS) is 1. The van der Waals surface area contributed by atoms with Crippen molar-refractivity contribution in [2.24, 2.45) is 5.92 Å². The highest BCUT2D eigenvalue weighted by atomic mass is 16.4. The highest BCUT2D eigenvalue weighted by Crippen LogP contribution is 2.32. The molecule has 2 N–H and O–H groups in total. The third-order valence-electron chi connectivity index (χ3n) is 2.53. The van der Waals surface area contributed by atoms with E-state index >= 15 is 0 Å². The summed E-state index contributed by atoms with van der Waals surface area (Å²) in [6, 6.07) is -0.183. The van der Waals surface area contributed by atoms with Crippen molar-refractivity contribution < 1.29 is 14.7 Å². The molecule has 0 radical (unpaired) electrons. The van der Waals surface area contributed by atoms with Crippen LogP contribution >= 0.6 is 0 Å². The molecule has 86 valence electrons. The van der Waals surface area contributed by atoms with Crippen LogP contribution in [0.25, 0.3) is 0 Å². The second-order valence-corrected chi connectivity index (χ2v) is 4.03. The van der Waals surface area contributed by atoms with Crippen LogP contribution < -0.4 is 5.32 Å². The van der Waals surface area contributed by atoms with E-state index in [9.17, 15) is 9.59 Å². The van der Waals surface area contributed by atoms with E-state index in [1.807, 2.05) is 0 Å². The third-order valence-corrected chi connectivity index (χ3v) is 2.53. The Morgan fingerprint density at radius 1 is 1.47 bits per heavy atom. The summed E-state index contributed by atoms with van der Waals surface area (Å²) in [5, 5.41) is 10.9. The van der Waals surface area contributed by atoms with Gasteiger partial charge in [-0.25, -0.2) is 4.79 Å². The normalized spacial score (nSPS) is 14.7. The first-order valence-corrected chi connectivity index (χ1v) is 5.30. The van der Waals surface area contributed by atoms with Crippen molar-refractivity contribution >= 4 is 12.0 Å². The van der Waals surface area contributed by atoms with Crippen LogP contribution in [0, 0.1) is 5.92 Å². The molecular weight excluding hydrogens is 196 g/mol. The molecule has 0 aromatic carbocycles. The minimum atomic E-state index is -0.893. The zero-order valence-electron chi connectivity index (χ0n) is 9.03. The van der Waals surface area contributed by atoms with Gasteiger partial charge in [-0.2, -0.15) is 0 Å². The lowest BCUT2D eigenvalue weighted by Gasteiger charge is -2.17. The largest absolute Gasteiger partial charge is 0.481 e. The van der Waals surface area contributed by atoms with Gasteiger partial charge in [0, 0.05) is 20.1 Å². The molecule has 1 fully saturated rings. The number of carbonyl (C=O) groups is 2. The van der Waals surface area contributed by atoms with E-state index in [2.05, 4.69) is 5.32 Å². The van der Waals surface area contributed by atoms with E-state index in [1.54, 1.807) is 11.9 Å². The maximum Gasteiger partial charge on any atom is 0.317 e. The first-order chi connectivity index (χ1) is 7.09. The van der Waals surface area contributed by atoms with E-state index < -0.39 is 5.97 Å². The fraction of sp³-hybridized carbons (Fsp3) is 0.800. The molecule has 1 rings (SSSR count). The van der Waals surface area contributed by atoms with Crippen LogP contribution in [-0.2, 0) is 4.79 Å². The SMILES string of the molecule is CN(CCC1CC1)C(=O)NCCC(=O)O. The molecule has 0 atom stereocenters. The quantitative estimate of drug-likeness (QED) is 0.690. The summed E-state index contributed by atoms with van der Waals surface area (Å²) >= 11 is 0. The Kier molecular flexibility index (Phi) is 4.39. The van der Waals surface area contributed by atoms with Gasteiger partial charge in [0.25, 0.3) is 0 Å². The van der Waals surface area contributed by atoms with Crippen molar-refractivity contribution in [2.45, 2.75) is 25.7 Å². The number of hydrogen-bond acceptors (Lipinski definition) is 2. The highest BCUT2D eigenvalue weighted by molar-refractivity contribution is 5.74. The number of amides is 2. The highest BCUT2D eigenvalue weighted by Gasteiger charge is 2.22. The van der Waals surface area contributed by atoms with Crippen LogP contribution in [0.5, 0.6) is 0 Å². The predicted octanol–water partition coefficient (Wildman–Crippen LogP) is 0.903. The molecule has 5 nitrogen and oxygen atoms in total. The van der Waals surface area contributed by atoms with Crippen molar-refractivity contribution in [3.8, 4) is 0 Å². The number of nitrogens with one attached hydrogen (secondary N) is 1. The number of urea groups is 1. The smallest absolute Gasteiger partial charge is 0.317 e. The van der Waals surface area contributed by atoms with E-state index in [1.165, 1.54) is 12.8 Å². The minimum Gasteiger partial charge on any atom is -0.481 e. The molecule has 1 aliphatic carbocycles. The summed E-state index contributed by atoms with van der Waals surface area (Å²) in [7, 11) is 1.73. The van der Waals surface area contributed by atoms with E-state index in [0.29, 0.717) is 0 Å². The number of carboxylic acids is 1. The van der Waals surface area contributed by atoms with Crippen molar-refractivity contribution in [1.82, 2.24) is 10.2 Å². The molecule has 0 bridgehead atoms. The van der Waals surface area contributed by atoms with Gasteiger partial charge in [-0.3, -0.25) is 4.79 Å². The van der Waals surface area contributed by atoms with Crippen LogP contribution in [0.15, 0.2) is 0 Å². The van der Waals surface area contributed by atoms with E-state index in [-0.39, 0.29) is 19.0 Å². The standard InChI is InChI=1S/C10H18N2O3/c1-12(7-5-8-2-3-8)10(15)11-6-4-9(13)14/h8H,2-7H2,1H3,(H,11,15)(H,13,14). The Bertz CT molecular complexity index is 239. The lowest BCUT2D eigenvalue weighted by molar-refractivity contribution is -0.136. The lowest BCUT2D eigenvalue weighted by atomic mass is 10.3. The molecule has 0 heterocycles. The third kappa shape index (κ3) is 5.24. The second-order valence-electron chi connectivity index (χ2n) is 4.03. The molecule has 1 saturated carbocycles. The lowest BCUT2D eigenvalue weighted by Crippen LogP contribution is -2.38. The molecule has 0 aromatic heterocycles. The van der Waals surface area contributed by atoms with Crippen LogP contribution in [-0.4, -0.2) is 42.1 Å². The molecule has 0 aliphatic heterocycles. The predicted molar refractivity (Wildman–Crippen MR) is 55.6 cm³/mol. The maximum absolute atomic E-state index is 11.4. The van der Waals surface area contributed by atoms with Gasteiger partial charge in [-0.15, -0.1) is 0 Å². The molecular formula is C10H18N2O3. The van der Waals surface area contributed by atoms with Gasteiger partial charge in [0.15, 0.2) is 0 Å². The van der Waals surface area contributed by atoms with E-state index in [0.717, 1.165) is 18.9 Å². The second kappa shape index (κ2) is 5.58. The van der Waals surface area contributed by atoms with Gasteiger partial charge in [-0.05, 0) is 12.3 Å². The molecule has 2 amide bonds. The molecule has 0 unspecified atom stereocenters. The summed E-state index contributed by atoms with van der Waals surface area (Å²) < 4.78 is 0. The zero-order valence-corrected chi connectivity index (χ0v) is 9.03. The Labute approximate surface area is 89.4 Å². The Hall–Kier alpha value is -1.26. The molecule has 5 heteroatoms. The van der Waals surface area contributed by atoms with Gasteiger partial charge >= 0.3 is 12.0 Å². The van der Waals surface area contributed by atoms with Gasteiger partial charge in [0.2, 0.25) is 0 Å². The Morgan fingerprint density at radius 2 is 2.13 bits per heavy atom. The number of nitrogens with zero attached hydrogens (tertiary/aromatic N) is 1. The number of carbonyl (C=O) groups excluding carboxylic acids is 1. The molecule has 0 saturated heterocycles. The minimum absolute atomic E-state index is 0.0256. The fourth-order valence-corrected chi connectivity index (χ4v) is 1.30. The zero-order chi connectivity index (χ0) is 11.3. The average molecular weight is 214 g/mol. The van der Waals surface area contributed by atoms with Crippen LogP contribution in [0.4, 0.5) is 4.79 Å². The maximum atomic E-state index is 11.4. The van der Waals surface area contributed by atoms with Gasteiger partial charge in [0.1, 0.15) is 0 Å². The average Bonchev–Trinajstić information content (AvgIpc) is 2.96. The van der Waals surface area contributed by atoms with Gasteiger partial charge in [-0.1, -0.05) is 12.8 Å². The summed E-state index contributed by atoms with van der Waals surface area (Å²) in [5.74, 6) is -0.0878. The molecule has 15 heavy (non-hydrogen) atoms. The summed E-state index contributed by atoms with van der Waals surface area (Å²) in [4.78, 5) is 23.2. The van der Waals surface area contributed by atoms with Gasteiger partial charge in [0.05, 0.1) is 6.42 Å². The monoisotopic (exact) mass is 214 g/mol. The van der Waals surface area contributed by atoms with Crippen molar-refractivity contribution in [1.29, 1.82) is 0 Å². The topological polar surface area (TPSA) is 69.6 Å². The summed E-state index contributed by atoms with van der Waals surface area (Å²) in [6.07, 6.45) is 3.61. The van der Waals surface area contributed by atoms with Crippen molar-refractivity contribution in [3.63, 3.8) is 0 Å². The number of hydrogen-bond donors (Lipinski definition) is 2. The molecule has 0 spiro atoms. The summed E-state index contributed by atoms with van der Waals surface area (Å²) in [5.41, 5.74) is 0. The van der Waals surface area contributed by atoms with Gasteiger partial charge < -0.3 is 15.3 Å². The number of rotatable bonds is 6. The van der Waals surface area contributed by atoms with Crippen molar-refractivity contribution in [2.75, 3.05) is 20.1 Å². The van der Waals surface area contributed by atoms with Crippen molar-refractivity contribution in [3.05, 3.63) is 0 Å². The van der Waals surface area contributed by atoms with E-state index in [4.69, 9.17) is 5.11 Å². The van der Waals surface area contributed by atoms with Crippen LogP contribution in [0.2, 0.25) is 0 Å². The molecule has 1 aliphatic rings. The first-order valence-electron chi connectivity index (χ1n) is 5.30. The first kappa shape index (κ1) is 11.8. The molecule has 0 aromatic rings. The fourth-order valence-electron chi connectivity index (χ4n) is 1.30. The van der Waals surface area contributed by atoms with Crippen LogP contribution in [0.1, 0.15) is 25.7 Å². The Morgan fingerprint density at radius 3 is 2.67 bits per heavy atom. The number of aliphatic carboxylic acids is 1. The van der Waals surface area contributed by atoms with Crippen LogP contribution in [0.3, 0.4) is 0 Å². The summed E-state index contributed by atoms with van der Waals surface area (Å²) in [6.45, 7) is 0.950.